The molecule has 3 nitrogen and oxygen atoms in total. The summed E-state index contributed by atoms with van der Waals surface area (Å²) < 4.78 is 4.92. The van der Waals surface area contributed by atoms with E-state index in [1.165, 1.54) is 6.08 Å². The third-order valence-electron chi connectivity index (χ3n) is 3.07. The number of rotatable bonds is 5. The number of hydrogen-bond donors (Lipinski definition) is 0. The molecule has 2 aromatic carbocycles. The van der Waals surface area contributed by atoms with Gasteiger partial charge in [0.1, 0.15) is 0 Å². The highest BCUT2D eigenvalue weighted by Gasteiger charge is 2.09. The summed E-state index contributed by atoms with van der Waals surface area (Å²) in [7, 11) is 0. The van der Waals surface area contributed by atoms with Crippen LogP contribution in [0.4, 0.5) is 0 Å². The molecular formula is C19H18O3. The lowest BCUT2D eigenvalue weighted by atomic mass is 10.0. The van der Waals surface area contributed by atoms with Crippen LogP contribution in [0.15, 0.2) is 66.2 Å². The van der Waals surface area contributed by atoms with Gasteiger partial charge in [-0.2, -0.15) is 0 Å². The van der Waals surface area contributed by atoms with E-state index in [1.807, 2.05) is 42.5 Å². The van der Waals surface area contributed by atoms with Crippen molar-refractivity contribution in [2.75, 3.05) is 6.61 Å². The molecule has 0 aromatic heterocycles. The maximum atomic E-state index is 12.0. The molecule has 0 aliphatic carbocycles. The van der Waals surface area contributed by atoms with Crippen LogP contribution in [0.25, 0.3) is 11.1 Å². The zero-order valence-electron chi connectivity index (χ0n) is 12.7. The van der Waals surface area contributed by atoms with E-state index in [0.29, 0.717) is 5.56 Å². The molecule has 0 atom stereocenters. The summed E-state index contributed by atoms with van der Waals surface area (Å²) in [4.78, 5) is 23.4. The fraction of sp³-hybridized carbons (Fsp3) is 0.158. The number of benzene rings is 2. The SMILES string of the molecule is CC(C)=CC(=O)OCC(=O)c1ccc(-c2ccccc2)cc1. The van der Waals surface area contributed by atoms with Crippen LogP contribution in [0.5, 0.6) is 0 Å². The maximum Gasteiger partial charge on any atom is 0.331 e. The molecule has 0 saturated carbocycles. The van der Waals surface area contributed by atoms with Crippen LogP contribution in [-0.4, -0.2) is 18.4 Å². The van der Waals surface area contributed by atoms with Crippen LogP contribution in [0.1, 0.15) is 24.2 Å². The minimum Gasteiger partial charge on any atom is -0.454 e. The first-order chi connectivity index (χ1) is 10.6. The zero-order chi connectivity index (χ0) is 15.9. The molecule has 22 heavy (non-hydrogen) atoms. The summed E-state index contributed by atoms with van der Waals surface area (Å²) in [5.74, 6) is -0.704. The Bertz CT molecular complexity index is 678. The van der Waals surface area contributed by atoms with Crippen molar-refractivity contribution in [3.8, 4) is 11.1 Å². The molecule has 0 radical (unpaired) electrons. The summed E-state index contributed by atoms with van der Waals surface area (Å²) in [6.07, 6.45) is 1.37. The van der Waals surface area contributed by atoms with Crippen LogP contribution in [0.3, 0.4) is 0 Å². The first-order valence-corrected chi connectivity index (χ1v) is 7.06. The molecule has 2 rings (SSSR count). The fourth-order valence-electron chi connectivity index (χ4n) is 1.98. The van der Waals surface area contributed by atoms with Crippen LogP contribution in [0.2, 0.25) is 0 Å². The number of allylic oxidation sites excluding steroid dienone is 1. The lowest BCUT2D eigenvalue weighted by Gasteiger charge is -2.05. The van der Waals surface area contributed by atoms with E-state index in [1.54, 1.807) is 26.0 Å². The summed E-state index contributed by atoms with van der Waals surface area (Å²) in [5.41, 5.74) is 3.50. The molecule has 0 aliphatic heterocycles. The third-order valence-corrected chi connectivity index (χ3v) is 3.07. The second-order valence-electron chi connectivity index (χ2n) is 5.20. The minimum atomic E-state index is -0.491. The predicted octanol–water partition coefficient (Wildman–Crippen LogP) is 4.05. The van der Waals surface area contributed by atoms with Gasteiger partial charge in [0.05, 0.1) is 0 Å². The van der Waals surface area contributed by atoms with Crippen LogP contribution in [0, 0.1) is 0 Å². The monoisotopic (exact) mass is 294 g/mol. The first-order valence-electron chi connectivity index (χ1n) is 7.06. The minimum absolute atomic E-state index is 0.213. The van der Waals surface area contributed by atoms with Crippen molar-refractivity contribution in [3.05, 3.63) is 71.8 Å². The van der Waals surface area contributed by atoms with E-state index in [9.17, 15) is 9.59 Å². The number of carbonyl (C=O) groups excluding carboxylic acids is 2. The van der Waals surface area contributed by atoms with Gasteiger partial charge >= 0.3 is 5.97 Å². The molecule has 0 unspecified atom stereocenters. The molecule has 3 heteroatoms. The van der Waals surface area contributed by atoms with E-state index >= 15 is 0 Å². The smallest absolute Gasteiger partial charge is 0.331 e. The van der Waals surface area contributed by atoms with E-state index in [4.69, 9.17) is 4.74 Å². The van der Waals surface area contributed by atoms with Gasteiger partial charge in [0.2, 0.25) is 0 Å². The highest BCUT2D eigenvalue weighted by atomic mass is 16.5. The van der Waals surface area contributed by atoms with E-state index in [2.05, 4.69) is 0 Å². The molecule has 112 valence electrons. The number of ether oxygens (including phenoxy) is 1. The molecule has 0 bridgehead atoms. The molecule has 0 fully saturated rings. The molecule has 0 spiro atoms. The van der Waals surface area contributed by atoms with Crippen molar-refractivity contribution in [1.29, 1.82) is 0 Å². The molecular weight excluding hydrogens is 276 g/mol. The number of hydrogen-bond acceptors (Lipinski definition) is 3. The van der Waals surface area contributed by atoms with Crippen molar-refractivity contribution in [3.63, 3.8) is 0 Å². The predicted molar refractivity (Wildman–Crippen MR) is 86.6 cm³/mol. The first kappa shape index (κ1) is 15.7. The topological polar surface area (TPSA) is 43.4 Å². The molecule has 0 N–H and O–H groups in total. The Balaban J connectivity index is 2.00. The molecule has 0 saturated heterocycles. The summed E-state index contributed by atoms with van der Waals surface area (Å²) in [6.45, 7) is 3.35. The normalized spacial score (nSPS) is 9.91. The van der Waals surface area contributed by atoms with Crippen LogP contribution >= 0.6 is 0 Å². The number of esters is 1. The average molecular weight is 294 g/mol. The highest BCUT2D eigenvalue weighted by Crippen LogP contribution is 2.19. The van der Waals surface area contributed by atoms with Gasteiger partial charge in [0.15, 0.2) is 12.4 Å². The van der Waals surface area contributed by atoms with Crippen molar-refractivity contribution in [2.45, 2.75) is 13.8 Å². The Morgan fingerprint density at radius 2 is 1.50 bits per heavy atom. The number of carbonyl (C=O) groups is 2. The Labute approximate surface area is 130 Å². The number of ketones is 1. The summed E-state index contributed by atoms with van der Waals surface area (Å²) in [6, 6.07) is 17.2. The maximum absolute atomic E-state index is 12.0. The van der Waals surface area contributed by atoms with Crippen molar-refractivity contribution < 1.29 is 14.3 Å². The summed E-state index contributed by atoms with van der Waals surface area (Å²) >= 11 is 0. The van der Waals surface area contributed by atoms with E-state index in [-0.39, 0.29) is 12.4 Å². The van der Waals surface area contributed by atoms with Gasteiger partial charge in [-0.15, -0.1) is 0 Å². The van der Waals surface area contributed by atoms with Crippen molar-refractivity contribution in [1.82, 2.24) is 0 Å². The van der Waals surface area contributed by atoms with Crippen LogP contribution in [-0.2, 0) is 9.53 Å². The molecule has 2 aromatic rings. The van der Waals surface area contributed by atoms with Gasteiger partial charge in [-0.1, -0.05) is 60.2 Å². The second-order valence-corrected chi connectivity index (χ2v) is 5.20. The van der Waals surface area contributed by atoms with Gasteiger partial charge < -0.3 is 4.74 Å². The Morgan fingerprint density at radius 1 is 0.909 bits per heavy atom. The van der Waals surface area contributed by atoms with Gasteiger partial charge in [-0.3, -0.25) is 4.79 Å². The molecule has 0 heterocycles. The van der Waals surface area contributed by atoms with Crippen molar-refractivity contribution >= 4 is 11.8 Å². The largest absolute Gasteiger partial charge is 0.454 e. The third kappa shape index (κ3) is 4.42. The second kappa shape index (κ2) is 7.36. The standard InChI is InChI=1S/C19H18O3/c1-14(2)12-19(21)22-13-18(20)17-10-8-16(9-11-17)15-6-4-3-5-7-15/h3-12H,13H2,1-2H3. The molecule has 0 amide bonds. The zero-order valence-corrected chi connectivity index (χ0v) is 12.7. The summed E-state index contributed by atoms with van der Waals surface area (Å²) in [5, 5.41) is 0. The van der Waals surface area contributed by atoms with Gasteiger partial charge in [-0.05, 0) is 25.0 Å². The Kier molecular flexibility index (Phi) is 5.26. The average Bonchev–Trinajstić information content (AvgIpc) is 2.53. The van der Waals surface area contributed by atoms with Gasteiger partial charge in [0.25, 0.3) is 0 Å². The molecule has 0 aliphatic rings. The fourth-order valence-corrected chi connectivity index (χ4v) is 1.98. The number of Topliss-reactive ketones (excluding diaryl/α,β-unsaturated/α-hetero) is 1. The van der Waals surface area contributed by atoms with Crippen molar-refractivity contribution in [2.24, 2.45) is 0 Å². The lowest BCUT2D eigenvalue weighted by molar-refractivity contribution is -0.136. The highest BCUT2D eigenvalue weighted by molar-refractivity contribution is 5.98. The quantitative estimate of drug-likeness (QED) is 0.475. The Morgan fingerprint density at radius 3 is 2.09 bits per heavy atom. The Hall–Kier alpha value is -2.68. The van der Waals surface area contributed by atoms with Crippen LogP contribution < -0.4 is 0 Å². The van der Waals surface area contributed by atoms with E-state index < -0.39 is 5.97 Å². The lowest BCUT2D eigenvalue weighted by Crippen LogP contribution is -2.12. The van der Waals surface area contributed by atoms with E-state index in [0.717, 1.165) is 16.7 Å². The van der Waals surface area contributed by atoms with Gasteiger partial charge in [-0.25, -0.2) is 4.79 Å². The van der Waals surface area contributed by atoms with Gasteiger partial charge in [0, 0.05) is 11.6 Å².